The third kappa shape index (κ3) is 5.52. The molecule has 1 aliphatic rings. The molecule has 1 aliphatic heterocycles. The standard InChI is InChI=1S/C20H13ClF3N3O5S/c21-14-6-5-11(9-15(14)27(31)32)10-16-18(29)26(19(30)33-16)8-7-25-17(28)12-3-1-2-4-13(12)20(22,23)24/h1-6,9-10H,7-8H2,(H,25,28)/b16-10-. The molecule has 0 atom stereocenters. The van der Waals surface area contributed by atoms with E-state index in [1.165, 1.54) is 24.3 Å². The molecular formula is C20H13ClF3N3O5S. The van der Waals surface area contributed by atoms with E-state index in [2.05, 4.69) is 5.32 Å². The summed E-state index contributed by atoms with van der Waals surface area (Å²) in [4.78, 5) is 48.0. The normalized spacial score (nSPS) is 15.3. The molecule has 0 unspecified atom stereocenters. The van der Waals surface area contributed by atoms with Crippen LogP contribution >= 0.6 is 23.4 Å². The number of hydrogen-bond donors (Lipinski definition) is 1. The van der Waals surface area contributed by atoms with Gasteiger partial charge >= 0.3 is 6.18 Å². The van der Waals surface area contributed by atoms with Gasteiger partial charge in [0.1, 0.15) is 5.02 Å². The molecule has 3 rings (SSSR count). The van der Waals surface area contributed by atoms with E-state index in [4.69, 9.17) is 11.6 Å². The Labute approximate surface area is 193 Å². The fourth-order valence-corrected chi connectivity index (χ4v) is 3.96. The van der Waals surface area contributed by atoms with Crippen LogP contribution in [0.1, 0.15) is 21.5 Å². The Balaban J connectivity index is 1.67. The summed E-state index contributed by atoms with van der Waals surface area (Å²) in [6.07, 6.45) is -3.44. The van der Waals surface area contributed by atoms with Crippen LogP contribution in [0, 0.1) is 10.1 Å². The number of carbonyl (C=O) groups excluding carboxylic acids is 3. The van der Waals surface area contributed by atoms with Crippen LogP contribution in [0.2, 0.25) is 5.02 Å². The average Bonchev–Trinajstić information content (AvgIpc) is 3.01. The number of thioether (sulfide) groups is 1. The number of benzene rings is 2. The number of carbonyl (C=O) groups is 3. The summed E-state index contributed by atoms with van der Waals surface area (Å²) >= 11 is 6.34. The van der Waals surface area contributed by atoms with Gasteiger partial charge in [0.15, 0.2) is 0 Å². The number of rotatable bonds is 6. The summed E-state index contributed by atoms with van der Waals surface area (Å²) in [6.45, 7) is -0.550. The van der Waals surface area contributed by atoms with Crippen LogP contribution in [0.3, 0.4) is 0 Å². The van der Waals surface area contributed by atoms with E-state index in [9.17, 15) is 37.7 Å². The zero-order chi connectivity index (χ0) is 24.3. The highest BCUT2D eigenvalue weighted by Crippen LogP contribution is 2.34. The van der Waals surface area contributed by atoms with E-state index >= 15 is 0 Å². The van der Waals surface area contributed by atoms with Crippen molar-refractivity contribution in [3.05, 3.63) is 79.2 Å². The molecule has 3 amide bonds. The van der Waals surface area contributed by atoms with Crippen molar-refractivity contribution < 1.29 is 32.5 Å². The number of nitro groups is 1. The first-order chi connectivity index (χ1) is 15.5. The van der Waals surface area contributed by atoms with Crippen molar-refractivity contribution in [3.63, 3.8) is 0 Å². The van der Waals surface area contributed by atoms with Crippen molar-refractivity contribution in [2.75, 3.05) is 13.1 Å². The Morgan fingerprint density at radius 1 is 1.21 bits per heavy atom. The van der Waals surface area contributed by atoms with Gasteiger partial charge in [0.25, 0.3) is 22.7 Å². The Bertz CT molecular complexity index is 1190. The highest BCUT2D eigenvalue weighted by Gasteiger charge is 2.36. The third-order valence-corrected chi connectivity index (χ3v) is 5.66. The van der Waals surface area contributed by atoms with Gasteiger partial charge in [-0.25, -0.2) is 0 Å². The predicted octanol–water partition coefficient (Wildman–Crippen LogP) is 4.73. The second-order valence-electron chi connectivity index (χ2n) is 6.60. The van der Waals surface area contributed by atoms with Gasteiger partial charge in [-0.05, 0) is 41.6 Å². The van der Waals surface area contributed by atoms with E-state index in [1.54, 1.807) is 0 Å². The molecule has 1 heterocycles. The van der Waals surface area contributed by atoms with Gasteiger partial charge in [-0.15, -0.1) is 0 Å². The lowest BCUT2D eigenvalue weighted by Gasteiger charge is -2.15. The fourth-order valence-electron chi connectivity index (χ4n) is 2.91. The summed E-state index contributed by atoms with van der Waals surface area (Å²) in [7, 11) is 0. The number of amides is 3. The Morgan fingerprint density at radius 3 is 2.58 bits per heavy atom. The highest BCUT2D eigenvalue weighted by atomic mass is 35.5. The largest absolute Gasteiger partial charge is 0.417 e. The second-order valence-corrected chi connectivity index (χ2v) is 8.00. The summed E-state index contributed by atoms with van der Waals surface area (Å²) in [5, 5.41) is 12.5. The number of alkyl halides is 3. The molecule has 0 bridgehead atoms. The van der Waals surface area contributed by atoms with E-state index < -0.39 is 39.3 Å². The highest BCUT2D eigenvalue weighted by molar-refractivity contribution is 8.18. The number of hydrogen-bond acceptors (Lipinski definition) is 6. The van der Waals surface area contributed by atoms with Gasteiger partial charge in [0, 0.05) is 19.2 Å². The maximum Gasteiger partial charge on any atom is 0.417 e. The SMILES string of the molecule is O=C(NCCN1C(=O)S/C(=C\c2ccc(Cl)c([N+](=O)[O-])c2)C1=O)c1ccccc1C(F)(F)F. The minimum absolute atomic E-state index is 0.00892. The van der Waals surface area contributed by atoms with Crippen LogP contribution in [0.5, 0.6) is 0 Å². The second kappa shape index (κ2) is 9.63. The van der Waals surface area contributed by atoms with Crippen LogP contribution in [0.25, 0.3) is 6.08 Å². The van der Waals surface area contributed by atoms with E-state index in [-0.39, 0.29) is 34.3 Å². The molecule has 0 saturated carbocycles. The van der Waals surface area contributed by atoms with Crippen molar-refractivity contribution in [3.8, 4) is 0 Å². The molecule has 33 heavy (non-hydrogen) atoms. The lowest BCUT2D eigenvalue weighted by molar-refractivity contribution is -0.384. The van der Waals surface area contributed by atoms with Crippen molar-refractivity contribution in [2.45, 2.75) is 6.18 Å². The van der Waals surface area contributed by atoms with Gasteiger partial charge in [-0.2, -0.15) is 13.2 Å². The lowest BCUT2D eigenvalue weighted by Crippen LogP contribution is -2.37. The minimum atomic E-state index is -4.72. The first-order valence-corrected chi connectivity index (χ1v) is 10.3. The average molecular weight is 500 g/mol. The molecule has 1 saturated heterocycles. The van der Waals surface area contributed by atoms with Crippen LogP contribution in [-0.2, 0) is 11.0 Å². The van der Waals surface area contributed by atoms with Crippen LogP contribution < -0.4 is 5.32 Å². The molecule has 2 aromatic carbocycles. The number of nitro benzene ring substituents is 1. The fraction of sp³-hybridized carbons (Fsp3) is 0.150. The van der Waals surface area contributed by atoms with Crippen molar-refractivity contribution >= 4 is 52.2 Å². The summed E-state index contributed by atoms with van der Waals surface area (Å²) in [5.74, 6) is -1.70. The van der Waals surface area contributed by atoms with Gasteiger partial charge in [-0.1, -0.05) is 29.8 Å². The molecule has 0 aliphatic carbocycles. The summed E-state index contributed by atoms with van der Waals surface area (Å²) < 4.78 is 39.2. The smallest absolute Gasteiger partial charge is 0.350 e. The van der Waals surface area contributed by atoms with E-state index in [0.29, 0.717) is 11.8 Å². The van der Waals surface area contributed by atoms with Crippen molar-refractivity contribution in [1.82, 2.24) is 10.2 Å². The van der Waals surface area contributed by atoms with Gasteiger partial charge < -0.3 is 5.32 Å². The molecule has 172 valence electrons. The maximum absolute atomic E-state index is 13.1. The Morgan fingerprint density at radius 2 is 1.91 bits per heavy atom. The van der Waals surface area contributed by atoms with Gasteiger partial charge in [0.2, 0.25) is 0 Å². The number of halogens is 4. The lowest BCUT2D eigenvalue weighted by atomic mass is 10.1. The number of imide groups is 1. The molecule has 1 N–H and O–H groups in total. The molecule has 1 fully saturated rings. The Kier molecular flexibility index (Phi) is 7.08. The Hall–Kier alpha value is -3.38. The molecule has 2 aromatic rings. The van der Waals surface area contributed by atoms with E-state index in [0.717, 1.165) is 29.2 Å². The molecule has 0 aromatic heterocycles. The first-order valence-electron chi connectivity index (χ1n) is 9.13. The number of nitrogens with one attached hydrogen (secondary N) is 1. The van der Waals surface area contributed by atoms with Crippen LogP contribution in [0.4, 0.5) is 23.7 Å². The topological polar surface area (TPSA) is 110 Å². The predicted molar refractivity (Wildman–Crippen MR) is 115 cm³/mol. The minimum Gasteiger partial charge on any atom is -0.350 e. The zero-order valence-corrected chi connectivity index (χ0v) is 18.0. The van der Waals surface area contributed by atoms with Crippen molar-refractivity contribution in [2.24, 2.45) is 0 Å². The molecule has 13 heteroatoms. The maximum atomic E-state index is 13.1. The summed E-state index contributed by atoms with van der Waals surface area (Å²) in [5.41, 5.74) is -1.78. The van der Waals surface area contributed by atoms with Crippen molar-refractivity contribution in [1.29, 1.82) is 0 Å². The molecule has 0 radical (unpaired) electrons. The molecular weight excluding hydrogens is 487 g/mol. The van der Waals surface area contributed by atoms with Gasteiger partial charge in [0.05, 0.1) is 21.0 Å². The zero-order valence-electron chi connectivity index (χ0n) is 16.4. The molecule has 8 nitrogen and oxygen atoms in total. The number of nitrogens with zero attached hydrogens (tertiary/aromatic N) is 2. The first kappa shape index (κ1) is 24.3. The summed E-state index contributed by atoms with van der Waals surface area (Å²) in [6, 6.07) is 8.10. The molecule has 0 spiro atoms. The monoisotopic (exact) mass is 499 g/mol. The van der Waals surface area contributed by atoms with Crippen LogP contribution in [0.15, 0.2) is 47.4 Å². The third-order valence-electron chi connectivity index (χ3n) is 4.44. The van der Waals surface area contributed by atoms with Crippen LogP contribution in [-0.4, -0.2) is 40.0 Å². The van der Waals surface area contributed by atoms with E-state index in [1.807, 2.05) is 0 Å². The quantitative estimate of drug-likeness (QED) is 0.349. The van der Waals surface area contributed by atoms with Gasteiger partial charge in [-0.3, -0.25) is 29.4 Å².